The van der Waals surface area contributed by atoms with Gasteiger partial charge in [-0.25, -0.2) is 8.42 Å². The average molecular weight is 432 g/mol. The molecule has 1 aliphatic heterocycles. The SMILES string of the molecule is O=C1c2ccccc2S(=O)(=O)c2c1ccc(Sc1ccc([N+](=O)[O-])cc1)c2Cl. The molecule has 0 unspecified atom stereocenters. The minimum absolute atomic E-state index is 0.0382. The number of sulfone groups is 1. The van der Waals surface area contributed by atoms with Crippen molar-refractivity contribution < 1.29 is 18.1 Å². The number of ketones is 1. The van der Waals surface area contributed by atoms with Crippen LogP contribution in [0.2, 0.25) is 5.02 Å². The van der Waals surface area contributed by atoms with Gasteiger partial charge in [-0.05, 0) is 36.4 Å². The Balaban J connectivity index is 1.81. The first-order valence-electron chi connectivity index (χ1n) is 7.94. The van der Waals surface area contributed by atoms with Crippen LogP contribution < -0.4 is 0 Å². The number of hydrogen-bond donors (Lipinski definition) is 0. The van der Waals surface area contributed by atoms with Gasteiger partial charge >= 0.3 is 0 Å². The van der Waals surface area contributed by atoms with Crippen LogP contribution in [0.1, 0.15) is 15.9 Å². The molecule has 0 amide bonds. The summed E-state index contributed by atoms with van der Waals surface area (Å²) in [6.45, 7) is 0. The van der Waals surface area contributed by atoms with Crippen LogP contribution in [0.25, 0.3) is 0 Å². The lowest BCUT2D eigenvalue weighted by Gasteiger charge is -2.21. The topological polar surface area (TPSA) is 94.3 Å². The van der Waals surface area contributed by atoms with Crippen LogP contribution in [0.3, 0.4) is 0 Å². The first-order chi connectivity index (χ1) is 13.3. The number of carbonyl (C=O) groups excluding carboxylic acids is 1. The van der Waals surface area contributed by atoms with Crippen LogP contribution in [0.15, 0.2) is 80.2 Å². The molecule has 0 atom stereocenters. The van der Waals surface area contributed by atoms with E-state index >= 15 is 0 Å². The molecule has 0 saturated heterocycles. The monoisotopic (exact) mass is 431 g/mol. The number of nitro benzene ring substituents is 1. The molecular weight excluding hydrogens is 422 g/mol. The third-order valence-corrected chi connectivity index (χ3v) is 7.85. The maximum absolute atomic E-state index is 13.1. The van der Waals surface area contributed by atoms with Gasteiger partial charge in [0.05, 0.1) is 14.8 Å². The summed E-state index contributed by atoms with van der Waals surface area (Å²) < 4.78 is 26.1. The quantitative estimate of drug-likeness (QED) is 0.342. The molecule has 0 saturated carbocycles. The molecule has 3 aromatic carbocycles. The maximum Gasteiger partial charge on any atom is 0.269 e. The molecule has 0 aromatic heterocycles. The lowest BCUT2D eigenvalue weighted by molar-refractivity contribution is -0.384. The summed E-state index contributed by atoms with van der Waals surface area (Å²) in [6.07, 6.45) is 0. The fourth-order valence-electron chi connectivity index (χ4n) is 2.96. The maximum atomic E-state index is 13.1. The molecular formula is C19H10ClNO5S2. The number of halogens is 1. The third kappa shape index (κ3) is 2.90. The second-order valence-corrected chi connectivity index (χ2v) is 9.28. The molecule has 9 heteroatoms. The van der Waals surface area contributed by atoms with Gasteiger partial charge < -0.3 is 0 Å². The minimum Gasteiger partial charge on any atom is -0.289 e. The molecule has 4 rings (SSSR count). The summed E-state index contributed by atoms with van der Waals surface area (Å²) in [5.41, 5.74) is 0.115. The molecule has 1 heterocycles. The van der Waals surface area contributed by atoms with Gasteiger partial charge in [0.2, 0.25) is 9.84 Å². The van der Waals surface area contributed by atoms with Gasteiger partial charge in [0, 0.05) is 33.1 Å². The van der Waals surface area contributed by atoms with E-state index in [0.717, 1.165) is 11.8 Å². The van der Waals surface area contributed by atoms with E-state index in [1.165, 1.54) is 30.3 Å². The van der Waals surface area contributed by atoms with Crippen LogP contribution in [-0.4, -0.2) is 19.1 Å². The Labute approximate surface area is 169 Å². The van der Waals surface area contributed by atoms with E-state index in [2.05, 4.69) is 0 Å². The van der Waals surface area contributed by atoms with Gasteiger partial charge in [-0.2, -0.15) is 0 Å². The van der Waals surface area contributed by atoms with E-state index in [9.17, 15) is 23.3 Å². The van der Waals surface area contributed by atoms with Gasteiger partial charge in [0.25, 0.3) is 5.69 Å². The molecule has 0 spiro atoms. The van der Waals surface area contributed by atoms with E-state index in [-0.39, 0.29) is 31.6 Å². The van der Waals surface area contributed by atoms with Crippen LogP contribution in [0.4, 0.5) is 5.69 Å². The van der Waals surface area contributed by atoms with Crippen LogP contribution in [-0.2, 0) is 9.84 Å². The highest BCUT2D eigenvalue weighted by Gasteiger charge is 2.37. The Hall–Kier alpha value is -2.68. The first kappa shape index (κ1) is 18.7. The highest BCUT2D eigenvalue weighted by Crippen LogP contribution is 2.44. The van der Waals surface area contributed by atoms with Crippen LogP contribution >= 0.6 is 23.4 Å². The molecule has 140 valence electrons. The standard InChI is InChI=1S/C19H10ClNO5S2/c20-17-15(27-12-7-5-11(6-8-12)21(23)24)10-9-14-18(22)13-3-1-2-4-16(13)28(25,26)19(14)17/h1-10H. The second-order valence-electron chi connectivity index (χ2n) is 5.94. The number of hydrogen-bond acceptors (Lipinski definition) is 6. The van der Waals surface area contributed by atoms with Gasteiger partial charge in [-0.3, -0.25) is 14.9 Å². The van der Waals surface area contributed by atoms with Crippen molar-refractivity contribution >= 4 is 44.7 Å². The zero-order valence-electron chi connectivity index (χ0n) is 14.0. The zero-order valence-corrected chi connectivity index (χ0v) is 16.3. The van der Waals surface area contributed by atoms with E-state index in [0.29, 0.717) is 9.79 Å². The number of non-ortho nitro benzene ring substituents is 1. The third-order valence-electron chi connectivity index (χ3n) is 4.27. The highest BCUT2D eigenvalue weighted by atomic mass is 35.5. The van der Waals surface area contributed by atoms with E-state index < -0.39 is 20.5 Å². The van der Waals surface area contributed by atoms with E-state index in [4.69, 9.17) is 11.6 Å². The Morgan fingerprint density at radius 1 is 0.929 bits per heavy atom. The van der Waals surface area contributed by atoms with Crippen molar-refractivity contribution in [2.24, 2.45) is 0 Å². The van der Waals surface area contributed by atoms with Crippen LogP contribution in [0, 0.1) is 10.1 Å². The molecule has 3 aromatic rings. The summed E-state index contributed by atoms with van der Waals surface area (Å²) in [6, 6.07) is 14.9. The zero-order chi connectivity index (χ0) is 20.1. The van der Waals surface area contributed by atoms with E-state index in [1.54, 1.807) is 30.3 Å². The number of carbonyl (C=O) groups is 1. The van der Waals surface area contributed by atoms with Gasteiger partial charge in [-0.1, -0.05) is 35.5 Å². The summed E-state index contributed by atoms with van der Waals surface area (Å²) in [4.78, 5) is 23.8. The summed E-state index contributed by atoms with van der Waals surface area (Å²) >= 11 is 7.57. The van der Waals surface area contributed by atoms with Gasteiger partial charge in [-0.15, -0.1) is 0 Å². The fourth-order valence-corrected chi connectivity index (χ4v) is 6.19. The lowest BCUT2D eigenvalue weighted by atomic mass is 10.0. The second kappa shape index (κ2) is 6.73. The Bertz CT molecular complexity index is 1250. The molecule has 0 N–H and O–H groups in total. The number of benzene rings is 3. The largest absolute Gasteiger partial charge is 0.289 e. The molecule has 1 aliphatic rings. The first-order valence-corrected chi connectivity index (χ1v) is 10.6. The molecule has 6 nitrogen and oxygen atoms in total. The minimum atomic E-state index is -3.95. The number of fused-ring (bicyclic) bond motifs is 2. The Morgan fingerprint density at radius 3 is 2.29 bits per heavy atom. The molecule has 0 aliphatic carbocycles. The van der Waals surface area contributed by atoms with Gasteiger partial charge in [0.15, 0.2) is 5.78 Å². The average Bonchev–Trinajstić information content (AvgIpc) is 2.68. The fraction of sp³-hybridized carbons (Fsp3) is 0. The van der Waals surface area contributed by atoms with Crippen LogP contribution in [0.5, 0.6) is 0 Å². The Morgan fingerprint density at radius 2 is 1.61 bits per heavy atom. The van der Waals surface area contributed by atoms with Crippen molar-refractivity contribution in [3.63, 3.8) is 0 Å². The van der Waals surface area contributed by atoms with E-state index in [1.807, 2.05) is 0 Å². The summed E-state index contributed by atoms with van der Waals surface area (Å²) in [7, 11) is -3.95. The highest BCUT2D eigenvalue weighted by molar-refractivity contribution is 7.99. The predicted molar refractivity (Wildman–Crippen MR) is 104 cm³/mol. The summed E-state index contributed by atoms with van der Waals surface area (Å²) in [5.74, 6) is -0.394. The molecule has 0 fully saturated rings. The van der Waals surface area contributed by atoms with Crippen molar-refractivity contribution in [3.05, 3.63) is 86.9 Å². The van der Waals surface area contributed by atoms with Crippen molar-refractivity contribution in [3.8, 4) is 0 Å². The molecule has 28 heavy (non-hydrogen) atoms. The van der Waals surface area contributed by atoms with Crippen molar-refractivity contribution in [1.82, 2.24) is 0 Å². The molecule has 0 radical (unpaired) electrons. The van der Waals surface area contributed by atoms with Crippen molar-refractivity contribution in [1.29, 1.82) is 0 Å². The number of nitrogens with zero attached hydrogens (tertiary/aromatic N) is 1. The predicted octanol–water partition coefficient (Wildman–Crippen LogP) is 4.78. The smallest absolute Gasteiger partial charge is 0.269 e. The van der Waals surface area contributed by atoms with Crippen molar-refractivity contribution in [2.45, 2.75) is 19.6 Å². The summed E-state index contributed by atoms with van der Waals surface area (Å²) in [5, 5.41) is 10.7. The lowest BCUT2D eigenvalue weighted by Crippen LogP contribution is -2.20. The van der Waals surface area contributed by atoms with Gasteiger partial charge in [0.1, 0.15) is 4.90 Å². The Kier molecular flexibility index (Phi) is 4.49. The molecule has 0 bridgehead atoms. The van der Waals surface area contributed by atoms with Crippen molar-refractivity contribution in [2.75, 3.05) is 0 Å². The number of rotatable bonds is 3. The normalized spacial score (nSPS) is 14.2. The number of nitro groups is 1.